The number of anilines is 1. The Morgan fingerprint density at radius 3 is 2.79 bits per heavy atom. The van der Waals surface area contributed by atoms with Gasteiger partial charge < -0.3 is 15.0 Å². The van der Waals surface area contributed by atoms with Crippen molar-refractivity contribution in [3.05, 3.63) is 59.7 Å². The summed E-state index contributed by atoms with van der Waals surface area (Å²) in [6.07, 6.45) is 6.39. The Hall–Kier alpha value is -2.33. The van der Waals surface area contributed by atoms with Gasteiger partial charge in [0.2, 0.25) is 5.91 Å². The van der Waals surface area contributed by atoms with E-state index in [-0.39, 0.29) is 5.91 Å². The van der Waals surface area contributed by atoms with Gasteiger partial charge >= 0.3 is 0 Å². The summed E-state index contributed by atoms with van der Waals surface area (Å²) in [5, 5.41) is 3.06. The second-order valence-electron chi connectivity index (χ2n) is 8.17. The fourth-order valence-electron chi connectivity index (χ4n) is 4.19. The highest BCUT2D eigenvalue weighted by Crippen LogP contribution is 2.24. The molecule has 0 aliphatic carbocycles. The van der Waals surface area contributed by atoms with Crippen molar-refractivity contribution in [1.29, 1.82) is 0 Å². The second-order valence-corrected chi connectivity index (χ2v) is 8.17. The summed E-state index contributed by atoms with van der Waals surface area (Å²) in [5.41, 5.74) is 3.33. The van der Waals surface area contributed by atoms with E-state index in [1.807, 2.05) is 25.1 Å². The van der Waals surface area contributed by atoms with Crippen LogP contribution in [0.1, 0.15) is 43.2 Å². The van der Waals surface area contributed by atoms with E-state index in [4.69, 9.17) is 4.74 Å². The van der Waals surface area contributed by atoms with Crippen LogP contribution in [0.4, 0.5) is 5.69 Å². The first-order chi connectivity index (χ1) is 14.1. The molecule has 0 spiro atoms. The Balaban J connectivity index is 1.38. The summed E-state index contributed by atoms with van der Waals surface area (Å²) in [4.78, 5) is 15.0. The quantitative estimate of drug-likeness (QED) is 0.646. The van der Waals surface area contributed by atoms with Gasteiger partial charge in [-0.2, -0.15) is 0 Å². The number of aryl methyl sites for hydroxylation is 2. The van der Waals surface area contributed by atoms with Crippen LogP contribution >= 0.6 is 0 Å². The van der Waals surface area contributed by atoms with Gasteiger partial charge in [0.25, 0.3) is 0 Å². The van der Waals surface area contributed by atoms with E-state index in [1.54, 1.807) is 7.11 Å². The van der Waals surface area contributed by atoms with Crippen LogP contribution in [0.25, 0.3) is 0 Å². The molecule has 4 nitrogen and oxygen atoms in total. The van der Waals surface area contributed by atoms with Gasteiger partial charge in [0.05, 0.1) is 7.11 Å². The minimum atomic E-state index is 0.111. The molecule has 1 aliphatic heterocycles. The summed E-state index contributed by atoms with van der Waals surface area (Å²) in [5.74, 6) is 1.55. The number of rotatable bonds is 9. The highest BCUT2D eigenvalue weighted by molar-refractivity contribution is 5.91. The van der Waals surface area contributed by atoms with E-state index < -0.39 is 0 Å². The number of methoxy groups -OCH3 is 1. The highest BCUT2D eigenvalue weighted by Gasteiger charge is 2.20. The van der Waals surface area contributed by atoms with Crippen LogP contribution in [-0.2, 0) is 11.2 Å². The Kier molecular flexibility index (Phi) is 8.12. The standard InChI is InChI=1S/C25H34N2O2/c1-20-18-23(29-2)13-14-24(20)26-25(28)15-12-22-11-7-17-27(19-22)16-6-10-21-8-4-3-5-9-21/h3-5,8-9,13-14,18,22H,6-7,10-12,15-17,19H2,1-2H3,(H,26,28)/t22-/m1/s1. The van der Waals surface area contributed by atoms with Crippen molar-refractivity contribution in [1.82, 2.24) is 4.90 Å². The number of carbonyl (C=O) groups excluding carboxylic acids is 1. The second kappa shape index (κ2) is 11.0. The number of benzene rings is 2. The summed E-state index contributed by atoms with van der Waals surface area (Å²) in [6, 6.07) is 16.5. The lowest BCUT2D eigenvalue weighted by molar-refractivity contribution is -0.116. The Morgan fingerprint density at radius 2 is 2.03 bits per heavy atom. The first kappa shape index (κ1) is 21.4. The summed E-state index contributed by atoms with van der Waals surface area (Å²) in [7, 11) is 1.65. The zero-order valence-electron chi connectivity index (χ0n) is 17.8. The lowest BCUT2D eigenvalue weighted by atomic mass is 9.93. The molecule has 4 heteroatoms. The largest absolute Gasteiger partial charge is 0.497 e. The molecule has 1 amide bonds. The smallest absolute Gasteiger partial charge is 0.224 e. The molecule has 1 atom stereocenters. The first-order valence-corrected chi connectivity index (χ1v) is 10.8. The van der Waals surface area contributed by atoms with Gasteiger partial charge in [0, 0.05) is 18.7 Å². The van der Waals surface area contributed by atoms with Crippen LogP contribution in [-0.4, -0.2) is 37.6 Å². The van der Waals surface area contributed by atoms with Crippen molar-refractivity contribution in [2.24, 2.45) is 5.92 Å². The third-order valence-corrected chi connectivity index (χ3v) is 5.87. The molecular weight excluding hydrogens is 360 g/mol. The van der Waals surface area contributed by atoms with Crippen LogP contribution in [0.2, 0.25) is 0 Å². The summed E-state index contributed by atoms with van der Waals surface area (Å²) >= 11 is 0. The molecule has 29 heavy (non-hydrogen) atoms. The van der Waals surface area contributed by atoms with Crippen molar-refractivity contribution in [3.63, 3.8) is 0 Å². The molecular formula is C25H34N2O2. The fourth-order valence-corrected chi connectivity index (χ4v) is 4.19. The number of amides is 1. The monoisotopic (exact) mass is 394 g/mol. The van der Waals surface area contributed by atoms with Gasteiger partial charge in [0.1, 0.15) is 5.75 Å². The minimum absolute atomic E-state index is 0.111. The van der Waals surface area contributed by atoms with Crippen molar-refractivity contribution < 1.29 is 9.53 Å². The molecule has 1 fully saturated rings. The maximum Gasteiger partial charge on any atom is 0.224 e. The number of nitrogens with zero attached hydrogens (tertiary/aromatic N) is 1. The molecule has 1 heterocycles. The Morgan fingerprint density at radius 1 is 1.21 bits per heavy atom. The number of hydrogen-bond acceptors (Lipinski definition) is 3. The predicted octanol–water partition coefficient (Wildman–Crippen LogP) is 5.07. The van der Waals surface area contributed by atoms with E-state index in [1.165, 1.54) is 31.4 Å². The molecule has 1 N–H and O–H groups in total. The zero-order chi connectivity index (χ0) is 20.5. The molecule has 2 aromatic carbocycles. The molecule has 3 rings (SSSR count). The third kappa shape index (κ3) is 6.90. The maximum absolute atomic E-state index is 12.4. The zero-order valence-corrected chi connectivity index (χ0v) is 17.8. The van der Waals surface area contributed by atoms with Crippen LogP contribution in [0.15, 0.2) is 48.5 Å². The molecule has 1 saturated heterocycles. The Bertz CT molecular complexity index is 776. The normalized spacial score (nSPS) is 17.1. The summed E-state index contributed by atoms with van der Waals surface area (Å²) < 4.78 is 5.23. The number of nitrogens with one attached hydrogen (secondary N) is 1. The average molecular weight is 395 g/mol. The molecule has 156 valence electrons. The van der Waals surface area contributed by atoms with Crippen LogP contribution < -0.4 is 10.1 Å². The molecule has 0 aromatic heterocycles. The molecule has 0 radical (unpaired) electrons. The van der Waals surface area contributed by atoms with Crippen molar-refractivity contribution in [2.75, 3.05) is 32.1 Å². The molecule has 0 unspecified atom stereocenters. The number of carbonyl (C=O) groups is 1. The van der Waals surface area contributed by atoms with Gasteiger partial charge in [-0.05, 0) is 87.4 Å². The van der Waals surface area contributed by atoms with Gasteiger partial charge in [-0.25, -0.2) is 0 Å². The van der Waals surface area contributed by atoms with E-state index in [0.717, 1.165) is 42.9 Å². The van der Waals surface area contributed by atoms with Gasteiger partial charge in [-0.15, -0.1) is 0 Å². The van der Waals surface area contributed by atoms with Crippen LogP contribution in [0, 0.1) is 12.8 Å². The van der Waals surface area contributed by atoms with Gasteiger partial charge in [-0.1, -0.05) is 30.3 Å². The molecule has 0 bridgehead atoms. The molecule has 2 aromatic rings. The fraction of sp³-hybridized carbons (Fsp3) is 0.480. The first-order valence-electron chi connectivity index (χ1n) is 10.8. The van der Waals surface area contributed by atoms with E-state index in [0.29, 0.717) is 12.3 Å². The van der Waals surface area contributed by atoms with Crippen LogP contribution in [0.5, 0.6) is 5.75 Å². The Labute approximate surface area is 175 Å². The van der Waals surface area contributed by atoms with Gasteiger partial charge in [0.15, 0.2) is 0 Å². The van der Waals surface area contributed by atoms with Crippen molar-refractivity contribution >= 4 is 11.6 Å². The van der Waals surface area contributed by atoms with Crippen LogP contribution in [0.3, 0.4) is 0 Å². The molecule has 1 aliphatic rings. The van der Waals surface area contributed by atoms with Crippen molar-refractivity contribution in [3.8, 4) is 5.75 Å². The predicted molar refractivity (Wildman–Crippen MR) is 120 cm³/mol. The van der Waals surface area contributed by atoms with E-state index in [9.17, 15) is 4.79 Å². The number of hydrogen-bond donors (Lipinski definition) is 1. The van der Waals surface area contributed by atoms with Crippen molar-refractivity contribution in [2.45, 2.75) is 45.4 Å². The molecule has 0 saturated carbocycles. The SMILES string of the molecule is COc1ccc(NC(=O)CC[C@H]2CCCN(CCCc3ccccc3)C2)c(C)c1. The van der Waals surface area contributed by atoms with E-state index >= 15 is 0 Å². The topological polar surface area (TPSA) is 41.6 Å². The lowest BCUT2D eigenvalue weighted by Crippen LogP contribution is -2.36. The summed E-state index contributed by atoms with van der Waals surface area (Å²) in [6.45, 7) is 5.47. The average Bonchev–Trinajstić information content (AvgIpc) is 2.75. The third-order valence-electron chi connectivity index (χ3n) is 5.87. The number of likely N-dealkylation sites (tertiary alicyclic amines) is 1. The number of piperidine rings is 1. The van der Waals surface area contributed by atoms with Gasteiger partial charge in [-0.3, -0.25) is 4.79 Å². The minimum Gasteiger partial charge on any atom is -0.497 e. The number of ether oxygens (including phenoxy) is 1. The maximum atomic E-state index is 12.4. The highest BCUT2D eigenvalue weighted by atomic mass is 16.5. The lowest BCUT2D eigenvalue weighted by Gasteiger charge is -2.32. The van der Waals surface area contributed by atoms with E-state index in [2.05, 4.69) is 40.5 Å².